The van der Waals surface area contributed by atoms with Gasteiger partial charge in [-0.15, -0.1) is 0 Å². The third-order valence-electron chi connectivity index (χ3n) is 3.24. The van der Waals surface area contributed by atoms with E-state index in [4.69, 9.17) is 11.6 Å². The van der Waals surface area contributed by atoms with E-state index in [1.807, 2.05) is 18.2 Å². The van der Waals surface area contributed by atoms with Crippen molar-refractivity contribution in [1.29, 1.82) is 0 Å². The molecule has 0 amide bonds. The van der Waals surface area contributed by atoms with Crippen LogP contribution in [0.4, 0.5) is 4.39 Å². The molecule has 98 valence electrons. The lowest BCUT2D eigenvalue weighted by atomic mass is 10.0. The van der Waals surface area contributed by atoms with Gasteiger partial charge < -0.3 is 5.32 Å². The summed E-state index contributed by atoms with van der Waals surface area (Å²) >= 11 is 6.05. The summed E-state index contributed by atoms with van der Waals surface area (Å²) in [5, 5.41) is 4.15. The highest BCUT2D eigenvalue weighted by Crippen LogP contribution is 2.27. The van der Waals surface area contributed by atoms with E-state index in [1.54, 1.807) is 6.20 Å². The van der Waals surface area contributed by atoms with Gasteiger partial charge in [-0.2, -0.15) is 0 Å². The average Bonchev–Trinajstić information content (AvgIpc) is 3.20. The first-order valence-electron chi connectivity index (χ1n) is 6.35. The van der Waals surface area contributed by atoms with Gasteiger partial charge in [0.1, 0.15) is 5.82 Å². The average molecular weight is 277 g/mol. The van der Waals surface area contributed by atoms with Gasteiger partial charge in [-0.1, -0.05) is 17.7 Å². The summed E-state index contributed by atoms with van der Waals surface area (Å²) in [6.07, 6.45) is 5.35. The van der Waals surface area contributed by atoms with Crippen molar-refractivity contribution in [3.63, 3.8) is 0 Å². The highest BCUT2D eigenvalue weighted by molar-refractivity contribution is 6.30. The van der Waals surface area contributed by atoms with Gasteiger partial charge in [0.25, 0.3) is 0 Å². The molecule has 0 radical (unpaired) electrons. The Morgan fingerprint density at radius 1 is 1.26 bits per heavy atom. The normalized spacial score (nSPS) is 14.6. The van der Waals surface area contributed by atoms with E-state index in [0.717, 1.165) is 23.2 Å². The summed E-state index contributed by atoms with van der Waals surface area (Å²) in [7, 11) is 0. The molecule has 3 rings (SSSR count). The van der Waals surface area contributed by atoms with Crippen molar-refractivity contribution in [2.24, 2.45) is 0 Å². The van der Waals surface area contributed by atoms with Crippen LogP contribution in [0, 0.1) is 5.82 Å². The van der Waals surface area contributed by atoms with Gasteiger partial charge in [0.05, 0.1) is 6.20 Å². The topological polar surface area (TPSA) is 24.9 Å². The molecule has 2 aromatic rings. The van der Waals surface area contributed by atoms with E-state index >= 15 is 0 Å². The Balaban J connectivity index is 1.94. The Kier molecular flexibility index (Phi) is 3.49. The predicted octanol–water partition coefficient (Wildman–Crippen LogP) is 3.79. The van der Waals surface area contributed by atoms with Crippen molar-refractivity contribution >= 4 is 11.6 Å². The van der Waals surface area contributed by atoms with Crippen LogP contribution in [0.15, 0.2) is 36.7 Å². The van der Waals surface area contributed by atoms with Crippen molar-refractivity contribution in [2.45, 2.75) is 25.4 Å². The van der Waals surface area contributed by atoms with Crippen LogP contribution in [0.25, 0.3) is 11.1 Å². The van der Waals surface area contributed by atoms with Crippen molar-refractivity contribution in [2.75, 3.05) is 0 Å². The van der Waals surface area contributed by atoms with Gasteiger partial charge in [-0.3, -0.25) is 4.98 Å². The van der Waals surface area contributed by atoms with Crippen molar-refractivity contribution in [3.8, 4) is 11.1 Å². The van der Waals surface area contributed by atoms with E-state index in [1.165, 1.54) is 25.1 Å². The molecule has 1 fully saturated rings. The number of nitrogens with one attached hydrogen (secondary N) is 1. The van der Waals surface area contributed by atoms with Crippen LogP contribution >= 0.6 is 11.6 Å². The Hall–Kier alpha value is -1.45. The van der Waals surface area contributed by atoms with Crippen LogP contribution in [0.2, 0.25) is 5.02 Å². The molecule has 1 aliphatic carbocycles. The fourth-order valence-corrected chi connectivity index (χ4v) is 2.29. The summed E-state index contributed by atoms with van der Waals surface area (Å²) in [5.74, 6) is -0.325. The molecular weight excluding hydrogens is 263 g/mol. The second-order valence-electron chi connectivity index (χ2n) is 4.85. The molecule has 1 aromatic carbocycles. The number of pyridine rings is 1. The molecule has 1 heterocycles. The Labute approximate surface area is 116 Å². The fraction of sp³-hybridized carbons (Fsp3) is 0.267. The molecule has 19 heavy (non-hydrogen) atoms. The number of hydrogen-bond acceptors (Lipinski definition) is 2. The standard InChI is InChI=1S/C15H14ClFN2/c16-12-1-4-15(11-6-13(17)9-18-7-11)10(5-12)8-19-14-2-3-14/h1,4-7,9,14,19H,2-3,8H2. The van der Waals surface area contributed by atoms with Gasteiger partial charge in [-0.25, -0.2) is 4.39 Å². The summed E-state index contributed by atoms with van der Waals surface area (Å²) in [4.78, 5) is 3.90. The molecule has 1 saturated carbocycles. The lowest BCUT2D eigenvalue weighted by molar-refractivity contribution is 0.622. The van der Waals surface area contributed by atoms with Crippen molar-refractivity contribution in [1.82, 2.24) is 10.3 Å². The minimum atomic E-state index is -0.325. The summed E-state index contributed by atoms with van der Waals surface area (Å²) in [6, 6.07) is 7.79. The molecule has 1 aromatic heterocycles. The number of hydrogen-bond donors (Lipinski definition) is 1. The summed E-state index contributed by atoms with van der Waals surface area (Å²) < 4.78 is 13.3. The molecule has 0 atom stereocenters. The lowest BCUT2D eigenvalue weighted by Gasteiger charge is -2.11. The zero-order valence-electron chi connectivity index (χ0n) is 10.4. The monoisotopic (exact) mass is 276 g/mol. The van der Waals surface area contributed by atoms with Gasteiger partial charge >= 0.3 is 0 Å². The van der Waals surface area contributed by atoms with E-state index in [2.05, 4.69) is 10.3 Å². The minimum absolute atomic E-state index is 0.325. The number of rotatable bonds is 4. The number of benzene rings is 1. The zero-order valence-corrected chi connectivity index (χ0v) is 11.1. The third kappa shape index (κ3) is 3.11. The number of aromatic nitrogens is 1. The molecule has 0 saturated heterocycles. The van der Waals surface area contributed by atoms with Gasteiger partial charge in [-0.05, 0) is 42.2 Å². The molecule has 0 bridgehead atoms. The van der Waals surface area contributed by atoms with Crippen molar-refractivity contribution < 1.29 is 4.39 Å². The van der Waals surface area contributed by atoms with Gasteiger partial charge in [0, 0.05) is 29.4 Å². The largest absolute Gasteiger partial charge is 0.310 e. The molecule has 1 aliphatic rings. The summed E-state index contributed by atoms with van der Waals surface area (Å²) in [6.45, 7) is 0.747. The molecule has 4 heteroatoms. The van der Waals surface area contributed by atoms with E-state index in [9.17, 15) is 4.39 Å². The smallest absolute Gasteiger partial charge is 0.142 e. The van der Waals surface area contributed by atoms with Crippen molar-refractivity contribution in [3.05, 3.63) is 53.1 Å². The SMILES string of the molecule is Fc1cncc(-c2ccc(Cl)cc2CNC2CC2)c1. The van der Waals surface area contributed by atoms with Gasteiger partial charge in [0.15, 0.2) is 0 Å². The van der Waals surface area contributed by atoms with Crippen LogP contribution in [0.3, 0.4) is 0 Å². The Morgan fingerprint density at radius 2 is 2.11 bits per heavy atom. The summed E-state index contributed by atoms with van der Waals surface area (Å²) in [5.41, 5.74) is 2.83. The maximum Gasteiger partial charge on any atom is 0.142 e. The molecule has 0 spiro atoms. The second kappa shape index (κ2) is 5.27. The second-order valence-corrected chi connectivity index (χ2v) is 5.28. The van der Waals surface area contributed by atoms with E-state index in [0.29, 0.717) is 11.1 Å². The Bertz CT molecular complexity index is 596. The molecule has 0 unspecified atom stereocenters. The first-order valence-corrected chi connectivity index (χ1v) is 6.73. The molecular formula is C15H14ClFN2. The van der Waals surface area contributed by atoms with Crippen LogP contribution in [0.1, 0.15) is 18.4 Å². The lowest BCUT2D eigenvalue weighted by Crippen LogP contribution is -2.15. The number of nitrogens with zero attached hydrogens (tertiary/aromatic N) is 1. The maximum absolute atomic E-state index is 13.3. The van der Waals surface area contributed by atoms with Gasteiger partial charge in [0.2, 0.25) is 0 Å². The third-order valence-corrected chi connectivity index (χ3v) is 3.48. The van der Waals surface area contributed by atoms with E-state index in [-0.39, 0.29) is 5.82 Å². The molecule has 0 aliphatic heterocycles. The predicted molar refractivity (Wildman–Crippen MR) is 74.5 cm³/mol. The highest BCUT2D eigenvalue weighted by Gasteiger charge is 2.20. The highest BCUT2D eigenvalue weighted by atomic mass is 35.5. The first kappa shape index (κ1) is 12.6. The molecule has 1 N–H and O–H groups in total. The van der Waals surface area contributed by atoms with Crippen LogP contribution in [0.5, 0.6) is 0 Å². The minimum Gasteiger partial charge on any atom is -0.310 e. The Morgan fingerprint density at radius 3 is 2.84 bits per heavy atom. The number of halogens is 2. The van der Waals surface area contributed by atoms with Crippen LogP contribution < -0.4 is 5.32 Å². The molecule has 2 nitrogen and oxygen atoms in total. The fourth-order valence-electron chi connectivity index (χ4n) is 2.09. The van der Waals surface area contributed by atoms with Crippen LogP contribution in [-0.4, -0.2) is 11.0 Å². The van der Waals surface area contributed by atoms with Crippen LogP contribution in [-0.2, 0) is 6.54 Å². The maximum atomic E-state index is 13.3. The first-order chi connectivity index (χ1) is 9.22. The quantitative estimate of drug-likeness (QED) is 0.919. The van der Waals surface area contributed by atoms with E-state index < -0.39 is 0 Å². The zero-order chi connectivity index (χ0) is 13.2.